The molecule has 0 atom stereocenters. The van der Waals surface area contributed by atoms with Crippen molar-refractivity contribution in [2.24, 2.45) is 5.10 Å². The largest absolute Gasteiger partial charge is 0.278 e. The Morgan fingerprint density at radius 2 is 1.58 bits per heavy atom. The van der Waals surface area contributed by atoms with Crippen LogP contribution in [0.2, 0.25) is 10.2 Å². The van der Waals surface area contributed by atoms with Crippen LogP contribution in [0.25, 0.3) is 17.5 Å². The molecule has 2 heterocycles. The molecule has 0 radical (unpaired) electrons. The summed E-state index contributed by atoms with van der Waals surface area (Å²) in [4.78, 5) is 13.5. The molecule has 7 heteroatoms. The van der Waals surface area contributed by atoms with Gasteiger partial charge < -0.3 is 0 Å². The van der Waals surface area contributed by atoms with Gasteiger partial charge in [-0.15, -0.1) is 0 Å². The van der Waals surface area contributed by atoms with Crippen LogP contribution in [0.4, 0.5) is 0 Å². The number of benzene rings is 3. The average molecular weight is 513 g/mol. The van der Waals surface area contributed by atoms with Gasteiger partial charge in [0, 0.05) is 21.7 Å². The van der Waals surface area contributed by atoms with Crippen LogP contribution in [0.3, 0.4) is 0 Å². The minimum absolute atomic E-state index is 0.251. The normalized spacial score (nSPS) is 14.8. The van der Waals surface area contributed by atoms with E-state index < -0.39 is 0 Å². The van der Waals surface area contributed by atoms with Gasteiger partial charge in [0.25, 0.3) is 5.91 Å². The summed E-state index contributed by atoms with van der Waals surface area (Å²) in [5, 5.41) is 11.6. The van der Waals surface area contributed by atoms with Crippen molar-refractivity contribution in [1.29, 1.82) is 0 Å². The van der Waals surface area contributed by atoms with Gasteiger partial charge >= 0.3 is 0 Å². The van der Waals surface area contributed by atoms with Crippen molar-refractivity contribution in [2.75, 3.05) is 0 Å². The number of hydrazone groups is 1. The molecule has 0 aliphatic carbocycles. The minimum atomic E-state index is -0.251. The lowest BCUT2D eigenvalue weighted by Crippen LogP contribution is -2.20. The molecule has 178 valence electrons. The first-order chi connectivity index (χ1) is 17.4. The van der Waals surface area contributed by atoms with Gasteiger partial charge in [-0.2, -0.15) is 15.2 Å². The van der Waals surface area contributed by atoms with Crippen molar-refractivity contribution in [3.8, 4) is 5.69 Å². The molecule has 5 rings (SSSR count). The standard InChI is InChI=1S/C29H22Cl2N4O/c1-19-8-12-22(13-9-19)27-17-23(29(36)35(27)32-18-21-10-14-24(30)15-11-21)16-26-20(2)33-34(28(26)31)25-6-4-3-5-7-25/h3-18H,1-2H3. The van der Waals surface area contributed by atoms with Gasteiger partial charge in [-0.05, 0) is 55.8 Å². The van der Waals surface area contributed by atoms with Crippen LogP contribution in [0.5, 0.6) is 0 Å². The molecule has 0 spiro atoms. The summed E-state index contributed by atoms with van der Waals surface area (Å²) in [6.45, 7) is 3.90. The zero-order valence-corrected chi connectivity index (χ0v) is 21.2. The summed E-state index contributed by atoms with van der Waals surface area (Å²) in [6, 6.07) is 24.9. The summed E-state index contributed by atoms with van der Waals surface area (Å²) >= 11 is 12.7. The lowest BCUT2D eigenvalue weighted by atomic mass is 10.1. The fourth-order valence-corrected chi connectivity index (χ4v) is 4.35. The number of rotatable bonds is 5. The van der Waals surface area contributed by atoms with Crippen LogP contribution < -0.4 is 0 Å². The Morgan fingerprint density at radius 3 is 2.28 bits per heavy atom. The molecule has 0 fully saturated rings. The predicted molar refractivity (Wildman–Crippen MR) is 146 cm³/mol. The van der Waals surface area contributed by atoms with Gasteiger partial charge in [-0.3, -0.25) is 4.79 Å². The number of hydrogen-bond donors (Lipinski definition) is 0. The summed E-state index contributed by atoms with van der Waals surface area (Å²) in [5.41, 5.74) is 6.25. The Morgan fingerprint density at radius 1 is 0.889 bits per heavy atom. The van der Waals surface area contributed by atoms with Gasteiger partial charge in [-0.25, -0.2) is 4.68 Å². The molecule has 0 bridgehead atoms. The first-order valence-electron chi connectivity index (χ1n) is 11.4. The van der Waals surface area contributed by atoms with Crippen LogP contribution in [-0.2, 0) is 4.79 Å². The molecule has 36 heavy (non-hydrogen) atoms. The third kappa shape index (κ3) is 4.76. The zero-order valence-electron chi connectivity index (χ0n) is 19.7. The number of halogens is 2. The third-order valence-electron chi connectivity index (χ3n) is 5.85. The maximum Gasteiger partial charge on any atom is 0.278 e. The first kappa shape index (κ1) is 23.8. The average Bonchev–Trinajstić information content (AvgIpc) is 3.35. The number of aromatic nitrogens is 2. The van der Waals surface area contributed by atoms with Crippen LogP contribution in [0.15, 0.2) is 95.6 Å². The van der Waals surface area contributed by atoms with Crippen LogP contribution in [0, 0.1) is 13.8 Å². The summed E-state index contributed by atoms with van der Waals surface area (Å²) < 4.78 is 1.67. The molecular weight excluding hydrogens is 491 g/mol. The number of hydrogen-bond acceptors (Lipinski definition) is 3. The summed E-state index contributed by atoms with van der Waals surface area (Å²) in [5.74, 6) is -0.251. The number of nitrogens with zero attached hydrogens (tertiary/aromatic N) is 4. The molecule has 5 nitrogen and oxygen atoms in total. The molecule has 1 aliphatic heterocycles. The second kappa shape index (κ2) is 9.97. The second-order valence-electron chi connectivity index (χ2n) is 8.45. The number of para-hydroxylation sites is 1. The van der Waals surface area contributed by atoms with Gasteiger partial charge in [0.2, 0.25) is 0 Å². The van der Waals surface area contributed by atoms with E-state index >= 15 is 0 Å². The third-order valence-corrected chi connectivity index (χ3v) is 6.46. The van der Waals surface area contributed by atoms with E-state index in [2.05, 4.69) is 10.2 Å². The van der Waals surface area contributed by atoms with Gasteiger partial charge in [0.1, 0.15) is 5.15 Å². The fraction of sp³-hybridized carbons (Fsp3) is 0.0690. The lowest BCUT2D eigenvalue weighted by Gasteiger charge is -2.14. The maximum atomic E-state index is 13.5. The van der Waals surface area contributed by atoms with Crippen molar-refractivity contribution in [3.63, 3.8) is 0 Å². The number of aryl methyl sites for hydroxylation is 2. The van der Waals surface area contributed by atoms with Crippen molar-refractivity contribution in [2.45, 2.75) is 13.8 Å². The zero-order chi connectivity index (χ0) is 25.2. The van der Waals surface area contributed by atoms with E-state index in [9.17, 15) is 4.79 Å². The number of carbonyl (C=O) groups is 1. The fourth-order valence-electron chi connectivity index (χ4n) is 3.89. The molecule has 1 amide bonds. The van der Waals surface area contributed by atoms with E-state index in [-0.39, 0.29) is 5.91 Å². The summed E-state index contributed by atoms with van der Waals surface area (Å²) in [7, 11) is 0. The van der Waals surface area contributed by atoms with Crippen LogP contribution >= 0.6 is 23.2 Å². The molecule has 0 saturated carbocycles. The highest BCUT2D eigenvalue weighted by Crippen LogP contribution is 2.33. The Bertz CT molecular complexity index is 1520. The van der Waals surface area contributed by atoms with Gasteiger partial charge in [0.05, 0.1) is 23.3 Å². The number of carbonyl (C=O) groups excluding carboxylic acids is 1. The molecule has 0 N–H and O–H groups in total. The Balaban J connectivity index is 1.56. The van der Waals surface area contributed by atoms with Crippen molar-refractivity contribution < 1.29 is 4.79 Å². The Labute approximate surface area is 219 Å². The quantitative estimate of drug-likeness (QED) is 0.211. The van der Waals surface area contributed by atoms with E-state index in [1.807, 2.05) is 86.7 Å². The van der Waals surface area contributed by atoms with Crippen LogP contribution in [0.1, 0.15) is 27.9 Å². The lowest BCUT2D eigenvalue weighted by molar-refractivity contribution is -0.122. The topological polar surface area (TPSA) is 50.5 Å². The molecule has 0 saturated heterocycles. The summed E-state index contributed by atoms with van der Waals surface area (Å²) in [6.07, 6.45) is 5.26. The molecule has 0 unspecified atom stereocenters. The highest BCUT2D eigenvalue weighted by atomic mass is 35.5. The van der Waals surface area contributed by atoms with Crippen molar-refractivity contribution in [3.05, 3.63) is 129 Å². The van der Waals surface area contributed by atoms with E-state index in [0.717, 1.165) is 28.1 Å². The highest BCUT2D eigenvalue weighted by molar-refractivity contribution is 6.31. The van der Waals surface area contributed by atoms with E-state index in [1.54, 1.807) is 29.1 Å². The second-order valence-corrected chi connectivity index (χ2v) is 9.24. The molecule has 4 aromatic rings. The maximum absolute atomic E-state index is 13.5. The molecule has 3 aromatic carbocycles. The van der Waals surface area contributed by atoms with E-state index in [1.165, 1.54) is 5.01 Å². The van der Waals surface area contributed by atoms with E-state index in [4.69, 9.17) is 23.2 Å². The van der Waals surface area contributed by atoms with Gasteiger partial charge in [0.15, 0.2) is 0 Å². The molecular formula is C29H22Cl2N4O. The minimum Gasteiger partial charge on any atom is -0.267 e. The first-order valence-corrected chi connectivity index (χ1v) is 12.1. The highest BCUT2D eigenvalue weighted by Gasteiger charge is 2.30. The smallest absolute Gasteiger partial charge is 0.267 e. The van der Waals surface area contributed by atoms with E-state index in [0.29, 0.717) is 27.0 Å². The number of amides is 1. The Hall–Kier alpha value is -3.93. The van der Waals surface area contributed by atoms with Crippen molar-refractivity contribution in [1.82, 2.24) is 14.8 Å². The Kier molecular flexibility index (Phi) is 6.59. The van der Waals surface area contributed by atoms with Crippen molar-refractivity contribution >= 4 is 47.1 Å². The molecule has 1 aromatic heterocycles. The predicted octanol–water partition coefficient (Wildman–Crippen LogP) is 7.10. The van der Waals surface area contributed by atoms with Crippen LogP contribution in [-0.4, -0.2) is 26.9 Å². The monoisotopic (exact) mass is 512 g/mol. The van der Waals surface area contributed by atoms with Gasteiger partial charge in [-0.1, -0.05) is 83.4 Å². The SMILES string of the molecule is Cc1ccc(C2=CC(=Cc3c(C)nn(-c4ccccc4)c3Cl)C(=O)N2N=Cc2ccc(Cl)cc2)cc1. The molecule has 1 aliphatic rings.